The molecule has 3 rings (SSSR count). The fourth-order valence-electron chi connectivity index (χ4n) is 2.43. The number of fused-ring (bicyclic) bond motifs is 1. The van der Waals surface area contributed by atoms with E-state index in [1.54, 1.807) is 6.07 Å². The van der Waals surface area contributed by atoms with Gasteiger partial charge in [0.15, 0.2) is 0 Å². The van der Waals surface area contributed by atoms with Crippen LogP contribution in [0.3, 0.4) is 0 Å². The highest BCUT2D eigenvalue weighted by Gasteiger charge is 2.29. The Morgan fingerprint density at radius 3 is 3.00 bits per heavy atom. The van der Waals surface area contributed by atoms with E-state index in [0.717, 1.165) is 12.8 Å². The minimum Gasteiger partial charge on any atom is -0.354 e. The first-order valence-corrected chi connectivity index (χ1v) is 7.57. The Bertz CT molecular complexity index is 679. The molecule has 1 heterocycles. The van der Waals surface area contributed by atoms with Crippen LogP contribution in [0.15, 0.2) is 18.2 Å². The minimum atomic E-state index is -0.306. The highest BCUT2D eigenvalue weighted by Crippen LogP contribution is 2.29. The number of hydrogen-bond acceptors (Lipinski definition) is 2. The van der Waals surface area contributed by atoms with Gasteiger partial charge in [0.25, 0.3) is 0 Å². The summed E-state index contributed by atoms with van der Waals surface area (Å²) in [5.41, 5.74) is 1.42. The van der Waals surface area contributed by atoms with Gasteiger partial charge in [-0.2, -0.15) is 0 Å². The van der Waals surface area contributed by atoms with Crippen molar-refractivity contribution in [2.45, 2.75) is 31.7 Å². The molecule has 1 amide bonds. The molecule has 1 aliphatic carbocycles. The molecule has 1 unspecified atom stereocenters. The summed E-state index contributed by atoms with van der Waals surface area (Å²) in [6, 6.07) is 4.48. The van der Waals surface area contributed by atoms with Crippen LogP contribution in [0.25, 0.3) is 11.0 Å². The predicted octanol–water partition coefficient (Wildman–Crippen LogP) is 3.00. The number of hydrogen-bond donors (Lipinski definition) is 1. The van der Waals surface area contributed by atoms with Crippen molar-refractivity contribution in [2.75, 3.05) is 6.54 Å². The van der Waals surface area contributed by atoms with Crippen molar-refractivity contribution in [3.8, 4) is 0 Å². The number of benzene rings is 1. The maximum Gasteiger partial charge on any atom is 0.223 e. The van der Waals surface area contributed by atoms with E-state index in [1.807, 2.05) is 11.5 Å². The molecule has 0 saturated heterocycles. The number of carbonyl (C=O) groups is 1. The molecule has 6 heteroatoms. The normalized spacial score (nSPS) is 16.1. The molecule has 1 atom stereocenters. The van der Waals surface area contributed by atoms with Crippen molar-refractivity contribution >= 4 is 28.5 Å². The maximum absolute atomic E-state index is 13.4. The lowest BCUT2D eigenvalue weighted by atomic mass is 10.3. The van der Waals surface area contributed by atoms with Crippen LogP contribution in [-0.4, -0.2) is 22.0 Å². The van der Waals surface area contributed by atoms with E-state index in [4.69, 9.17) is 11.6 Å². The summed E-state index contributed by atoms with van der Waals surface area (Å²) < 4.78 is 15.3. The topological polar surface area (TPSA) is 46.9 Å². The third-order valence-electron chi connectivity index (χ3n) is 3.68. The molecule has 0 radical (unpaired) electrons. The number of imidazole rings is 1. The van der Waals surface area contributed by atoms with Crippen molar-refractivity contribution in [1.29, 1.82) is 0 Å². The molecule has 0 spiro atoms. The largest absolute Gasteiger partial charge is 0.354 e. The van der Waals surface area contributed by atoms with Crippen molar-refractivity contribution in [2.24, 2.45) is 5.92 Å². The molecule has 112 valence electrons. The van der Waals surface area contributed by atoms with Crippen LogP contribution in [0.5, 0.6) is 0 Å². The van der Waals surface area contributed by atoms with Gasteiger partial charge in [-0.15, -0.1) is 11.6 Å². The molecule has 1 aromatic heterocycles. The minimum absolute atomic E-state index is 0.103. The van der Waals surface area contributed by atoms with E-state index in [0.29, 0.717) is 29.9 Å². The highest BCUT2D eigenvalue weighted by molar-refractivity contribution is 6.20. The number of nitrogens with one attached hydrogen (secondary N) is 1. The molecule has 2 aromatic rings. The molecule has 1 aromatic carbocycles. The second-order valence-corrected chi connectivity index (χ2v) is 6.09. The van der Waals surface area contributed by atoms with Gasteiger partial charge in [-0.25, -0.2) is 9.37 Å². The Hall–Kier alpha value is -1.62. The predicted molar refractivity (Wildman–Crippen MR) is 79.7 cm³/mol. The SMILES string of the molecule is CC(Cl)c1nc2ccc(F)cc2n1CCNC(=O)C1CC1. The molecule has 21 heavy (non-hydrogen) atoms. The molecular formula is C15H17ClFN3O. The van der Waals surface area contributed by atoms with Gasteiger partial charge in [-0.1, -0.05) is 0 Å². The third kappa shape index (κ3) is 3.02. The van der Waals surface area contributed by atoms with E-state index in [1.165, 1.54) is 12.1 Å². The lowest BCUT2D eigenvalue weighted by Crippen LogP contribution is -2.28. The van der Waals surface area contributed by atoms with Crippen LogP contribution in [0.1, 0.15) is 31.0 Å². The first-order chi connectivity index (χ1) is 10.1. The third-order valence-corrected chi connectivity index (χ3v) is 3.87. The van der Waals surface area contributed by atoms with Crippen LogP contribution < -0.4 is 5.32 Å². The number of nitrogens with zero attached hydrogens (tertiary/aromatic N) is 2. The lowest BCUT2D eigenvalue weighted by Gasteiger charge is -2.11. The van der Waals surface area contributed by atoms with Crippen LogP contribution in [-0.2, 0) is 11.3 Å². The summed E-state index contributed by atoms with van der Waals surface area (Å²) in [6.07, 6.45) is 1.96. The Balaban J connectivity index is 1.82. The molecule has 0 bridgehead atoms. The van der Waals surface area contributed by atoms with Crippen LogP contribution >= 0.6 is 11.6 Å². The van der Waals surface area contributed by atoms with Crippen LogP contribution in [0.4, 0.5) is 4.39 Å². The number of alkyl halides is 1. The van der Waals surface area contributed by atoms with Gasteiger partial charge >= 0.3 is 0 Å². The molecule has 0 aliphatic heterocycles. The fourth-order valence-corrected chi connectivity index (χ4v) is 2.60. The summed E-state index contributed by atoms with van der Waals surface area (Å²) in [7, 11) is 0. The van der Waals surface area contributed by atoms with E-state index < -0.39 is 0 Å². The van der Waals surface area contributed by atoms with E-state index in [-0.39, 0.29) is 23.0 Å². The Kier molecular flexibility index (Phi) is 3.85. The summed E-state index contributed by atoms with van der Waals surface area (Å²) >= 11 is 6.16. The number of aromatic nitrogens is 2. The molecule has 1 aliphatic rings. The standard InChI is InChI=1S/C15H17ClFN3O/c1-9(16)14-19-12-5-4-11(17)8-13(12)20(14)7-6-18-15(21)10-2-3-10/h4-5,8-10H,2-3,6-7H2,1H3,(H,18,21). The Morgan fingerprint density at radius 1 is 1.57 bits per heavy atom. The van der Waals surface area contributed by atoms with E-state index in [9.17, 15) is 9.18 Å². The van der Waals surface area contributed by atoms with Gasteiger partial charge in [-0.05, 0) is 38.0 Å². The van der Waals surface area contributed by atoms with Gasteiger partial charge in [0.05, 0.1) is 16.4 Å². The number of amides is 1. The molecule has 1 N–H and O–H groups in total. The molecule has 1 saturated carbocycles. The number of carbonyl (C=O) groups excluding carboxylic acids is 1. The summed E-state index contributed by atoms with van der Waals surface area (Å²) in [5, 5.41) is 2.63. The zero-order valence-corrected chi connectivity index (χ0v) is 12.5. The molecule has 1 fully saturated rings. The second kappa shape index (κ2) is 5.64. The average Bonchev–Trinajstić information content (AvgIpc) is 3.22. The first kappa shape index (κ1) is 14.3. The van der Waals surface area contributed by atoms with Gasteiger partial charge < -0.3 is 9.88 Å². The highest BCUT2D eigenvalue weighted by atomic mass is 35.5. The van der Waals surface area contributed by atoms with Crippen LogP contribution in [0.2, 0.25) is 0 Å². The van der Waals surface area contributed by atoms with Crippen molar-refractivity contribution in [3.63, 3.8) is 0 Å². The van der Waals surface area contributed by atoms with Crippen molar-refractivity contribution in [3.05, 3.63) is 29.8 Å². The van der Waals surface area contributed by atoms with Gasteiger partial charge in [-0.3, -0.25) is 4.79 Å². The van der Waals surface area contributed by atoms with E-state index in [2.05, 4.69) is 10.3 Å². The Morgan fingerprint density at radius 2 is 2.33 bits per heavy atom. The van der Waals surface area contributed by atoms with Gasteiger partial charge in [0, 0.05) is 19.0 Å². The van der Waals surface area contributed by atoms with Crippen LogP contribution in [0, 0.1) is 11.7 Å². The van der Waals surface area contributed by atoms with Gasteiger partial charge in [0.2, 0.25) is 5.91 Å². The Labute approximate surface area is 127 Å². The quantitative estimate of drug-likeness (QED) is 0.863. The monoisotopic (exact) mass is 309 g/mol. The summed E-state index contributed by atoms with van der Waals surface area (Å²) in [6.45, 7) is 2.86. The zero-order valence-electron chi connectivity index (χ0n) is 11.8. The number of rotatable bonds is 5. The average molecular weight is 310 g/mol. The first-order valence-electron chi connectivity index (χ1n) is 7.13. The summed E-state index contributed by atoms with van der Waals surface area (Å²) in [4.78, 5) is 16.1. The zero-order chi connectivity index (χ0) is 15.0. The molecular weight excluding hydrogens is 293 g/mol. The second-order valence-electron chi connectivity index (χ2n) is 5.44. The van der Waals surface area contributed by atoms with Crippen molar-refractivity contribution < 1.29 is 9.18 Å². The maximum atomic E-state index is 13.4. The smallest absolute Gasteiger partial charge is 0.223 e. The van der Waals surface area contributed by atoms with Gasteiger partial charge in [0.1, 0.15) is 11.6 Å². The fraction of sp³-hybridized carbons (Fsp3) is 0.467. The molecule has 4 nitrogen and oxygen atoms in total. The summed E-state index contributed by atoms with van der Waals surface area (Å²) in [5.74, 6) is 0.678. The lowest BCUT2D eigenvalue weighted by molar-refractivity contribution is -0.122. The number of halogens is 2. The van der Waals surface area contributed by atoms with E-state index >= 15 is 0 Å². The van der Waals surface area contributed by atoms with Crippen molar-refractivity contribution in [1.82, 2.24) is 14.9 Å².